The molecule has 0 aliphatic carbocycles. The second-order valence-electron chi connectivity index (χ2n) is 7.65. The molecular formula is C21H33IN6OS. The minimum absolute atomic E-state index is 0. The molecule has 2 aromatic heterocycles. The first kappa shape index (κ1) is 24.8. The summed E-state index contributed by atoms with van der Waals surface area (Å²) in [5, 5.41) is 21.1. The van der Waals surface area contributed by atoms with Gasteiger partial charge in [-0.15, -0.1) is 24.0 Å². The second-order valence-corrected chi connectivity index (χ2v) is 8.43. The van der Waals surface area contributed by atoms with Crippen LogP contribution >= 0.6 is 35.3 Å². The average Bonchev–Trinajstić information content (AvgIpc) is 3.27. The van der Waals surface area contributed by atoms with Crippen LogP contribution < -0.4 is 15.5 Å². The van der Waals surface area contributed by atoms with Gasteiger partial charge in [-0.1, -0.05) is 6.07 Å². The number of piperazine rings is 1. The van der Waals surface area contributed by atoms with Gasteiger partial charge in [0.1, 0.15) is 11.4 Å². The molecule has 166 valence electrons. The van der Waals surface area contributed by atoms with Crippen molar-refractivity contribution in [3.63, 3.8) is 0 Å². The Kier molecular flexibility index (Phi) is 9.79. The highest BCUT2D eigenvalue weighted by atomic mass is 127. The topological polar surface area (TPSA) is 76.0 Å². The Morgan fingerprint density at radius 1 is 1.23 bits per heavy atom. The predicted octanol–water partition coefficient (Wildman–Crippen LogP) is 2.48. The average molecular weight is 545 g/mol. The Labute approximate surface area is 200 Å². The van der Waals surface area contributed by atoms with Crippen LogP contribution in [0, 0.1) is 0 Å². The van der Waals surface area contributed by atoms with Crippen molar-refractivity contribution in [1.29, 1.82) is 0 Å². The lowest BCUT2D eigenvalue weighted by atomic mass is 9.99. The van der Waals surface area contributed by atoms with E-state index in [1.54, 1.807) is 11.3 Å². The number of likely N-dealkylation sites (N-methyl/N-ethyl adjacent to an activating group) is 1. The van der Waals surface area contributed by atoms with E-state index in [1.165, 1.54) is 0 Å². The van der Waals surface area contributed by atoms with Gasteiger partial charge in [0.05, 0.1) is 13.1 Å². The minimum Gasteiger partial charge on any atom is -0.384 e. The van der Waals surface area contributed by atoms with Crippen LogP contribution in [0.25, 0.3) is 0 Å². The molecule has 3 heterocycles. The fraction of sp³-hybridized carbons (Fsp3) is 0.524. The number of nitrogens with one attached hydrogen (secondary N) is 2. The van der Waals surface area contributed by atoms with Gasteiger partial charge >= 0.3 is 0 Å². The number of hydrogen-bond acceptors (Lipinski definition) is 6. The van der Waals surface area contributed by atoms with Crippen LogP contribution in [0.1, 0.15) is 25.0 Å². The summed E-state index contributed by atoms with van der Waals surface area (Å²) in [5.41, 5.74) is 1.03. The third-order valence-corrected chi connectivity index (χ3v) is 5.83. The number of halogens is 1. The molecule has 1 fully saturated rings. The molecule has 1 aliphatic rings. The zero-order valence-electron chi connectivity index (χ0n) is 18.0. The molecule has 3 N–H and O–H groups in total. The number of rotatable bonds is 7. The van der Waals surface area contributed by atoms with E-state index >= 15 is 0 Å². The number of pyridine rings is 1. The fourth-order valence-corrected chi connectivity index (χ4v) is 3.96. The van der Waals surface area contributed by atoms with E-state index in [0.29, 0.717) is 19.0 Å². The lowest BCUT2D eigenvalue weighted by molar-refractivity contribution is 0.0621. The van der Waals surface area contributed by atoms with Crippen LogP contribution in [0.3, 0.4) is 0 Å². The molecule has 9 heteroatoms. The van der Waals surface area contributed by atoms with Gasteiger partial charge in [0.15, 0.2) is 5.96 Å². The minimum atomic E-state index is -0.943. The Bertz CT molecular complexity index is 773. The van der Waals surface area contributed by atoms with Crippen LogP contribution in [0.2, 0.25) is 0 Å². The normalized spacial score (nSPS) is 17.2. The number of anilines is 1. The lowest BCUT2D eigenvalue weighted by Crippen LogP contribution is -2.44. The van der Waals surface area contributed by atoms with Crippen molar-refractivity contribution in [2.45, 2.75) is 26.0 Å². The Balaban J connectivity index is 0.00000320. The van der Waals surface area contributed by atoms with Gasteiger partial charge in [-0.2, -0.15) is 11.3 Å². The smallest absolute Gasteiger partial charge is 0.191 e. The van der Waals surface area contributed by atoms with Gasteiger partial charge in [-0.25, -0.2) is 9.98 Å². The van der Waals surface area contributed by atoms with Crippen LogP contribution in [-0.4, -0.2) is 67.3 Å². The molecule has 2 aromatic rings. The third kappa shape index (κ3) is 7.07. The molecule has 1 aliphatic heterocycles. The van der Waals surface area contributed by atoms with Gasteiger partial charge in [-0.05, 0) is 54.9 Å². The number of aliphatic hydroxyl groups is 1. The van der Waals surface area contributed by atoms with Crippen molar-refractivity contribution < 1.29 is 5.11 Å². The van der Waals surface area contributed by atoms with E-state index in [9.17, 15) is 5.11 Å². The van der Waals surface area contributed by atoms with Crippen molar-refractivity contribution in [3.05, 3.63) is 46.3 Å². The van der Waals surface area contributed by atoms with Crippen molar-refractivity contribution in [3.8, 4) is 0 Å². The van der Waals surface area contributed by atoms with Gasteiger partial charge < -0.3 is 25.5 Å². The molecule has 3 rings (SSSR count). The summed E-state index contributed by atoms with van der Waals surface area (Å²) >= 11 is 1.58. The predicted molar refractivity (Wildman–Crippen MR) is 136 cm³/mol. The number of thiophene rings is 1. The van der Waals surface area contributed by atoms with Crippen LogP contribution in [0.5, 0.6) is 0 Å². The molecule has 0 amide bonds. The summed E-state index contributed by atoms with van der Waals surface area (Å²) < 4.78 is 0. The van der Waals surface area contributed by atoms with E-state index < -0.39 is 5.60 Å². The van der Waals surface area contributed by atoms with Gasteiger partial charge in [0, 0.05) is 38.9 Å². The standard InChI is InChI=1S/C21H32N6OS.HI/c1-4-22-20(25-16-21(2,28)18-7-12-29-15-18)24-14-17-5-6-19(23-13-17)27-10-8-26(3)9-11-27;/h5-7,12-13,15,28H,4,8-11,14,16H2,1-3H3,(H2,22,24,25);1H. The zero-order chi connectivity index (χ0) is 20.7. The summed E-state index contributed by atoms with van der Waals surface area (Å²) in [7, 11) is 2.15. The largest absolute Gasteiger partial charge is 0.384 e. The first-order valence-electron chi connectivity index (χ1n) is 10.1. The Morgan fingerprint density at radius 3 is 2.60 bits per heavy atom. The van der Waals surface area contributed by atoms with E-state index in [-0.39, 0.29) is 24.0 Å². The highest BCUT2D eigenvalue weighted by Crippen LogP contribution is 2.22. The van der Waals surface area contributed by atoms with E-state index in [4.69, 9.17) is 0 Å². The summed E-state index contributed by atoms with van der Waals surface area (Å²) in [6, 6.07) is 6.12. The Hall–Kier alpha value is -1.43. The monoisotopic (exact) mass is 544 g/mol. The molecule has 30 heavy (non-hydrogen) atoms. The fourth-order valence-electron chi connectivity index (χ4n) is 3.17. The molecule has 7 nitrogen and oxygen atoms in total. The first-order valence-corrected chi connectivity index (χ1v) is 11.1. The maximum absolute atomic E-state index is 10.7. The summed E-state index contributed by atoms with van der Waals surface area (Å²) in [6.45, 7) is 9.68. The van der Waals surface area contributed by atoms with E-state index in [0.717, 1.165) is 49.7 Å². The van der Waals surface area contributed by atoms with Crippen molar-refractivity contribution in [1.82, 2.24) is 20.5 Å². The molecule has 1 unspecified atom stereocenters. The number of aliphatic imine (C=N–C) groups is 1. The summed E-state index contributed by atoms with van der Waals surface area (Å²) in [6.07, 6.45) is 1.90. The summed E-state index contributed by atoms with van der Waals surface area (Å²) in [4.78, 5) is 13.9. The van der Waals surface area contributed by atoms with Gasteiger partial charge in [0.2, 0.25) is 0 Å². The molecule has 0 aromatic carbocycles. The summed E-state index contributed by atoms with van der Waals surface area (Å²) in [5.74, 6) is 1.72. The Morgan fingerprint density at radius 2 is 2.00 bits per heavy atom. The third-order valence-electron chi connectivity index (χ3n) is 5.14. The van der Waals surface area contributed by atoms with Crippen molar-refractivity contribution >= 4 is 47.1 Å². The molecule has 1 atom stereocenters. The van der Waals surface area contributed by atoms with Crippen LogP contribution in [-0.2, 0) is 12.1 Å². The quantitative estimate of drug-likeness (QED) is 0.283. The number of nitrogens with zero attached hydrogens (tertiary/aromatic N) is 4. The first-order chi connectivity index (χ1) is 14.0. The lowest BCUT2D eigenvalue weighted by Gasteiger charge is -2.33. The highest BCUT2D eigenvalue weighted by molar-refractivity contribution is 14.0. The number of hydrogen-bond donors (Lipinski definition) is 3. The SMILES string of the molecule is CCNC(=NCc1ccc(N2CCN(C)CC2)nc1)NCC(C)(O)c1ccsc1.I. The maximum atomic E-state index is 10.7. The molecular weight excluding hydrogens is 511 g/mol. The molecule has 0 radical (unpaired) electrons. The molecule has 1 saturated heterocycles. The number of aromatic nitrogens is 1. The molecule has 0 spiro atoms. The number of guanidine groups is 1. The molecule has 0 bridgehead atoms. The van der Waals surface area contributed by atoms with Crippen LogP contribution in [0.4, 0.5) is 5.82 Å². The van der Waals surface area contributed by atoms with E-state index in [2.05, 4.69) is 49.6 Å². The van der Waals surface area contributed by atoms with Crippen molar-refractivity contribution in [2.24, 2.45) is 4.99 Å². The van der Waals surface area contributed by atoms with Crippen LogP contribution in [0.15, 0.2) is 40.1 Å². The highest BCUT2D eigenvalue weighted by Gasteiger charge is 2.23. The van der Waals surface area contributed by atoms with Gasteiger partial charge in [-0.3, -0.25) is 0 Å². The zero-order valence-corrected chi connectivity index (χ0v) is 21.1. The van der Waals surface area contributed by atoms with Gasteiger partial charge in [0.25, 0.3) is 0 Å². The maximum Gasteiger partial charge on any atom is 0.191 e. The molecule has 0 saturated carbocycles. The second kappa shape index (κ2) is 11.8. The van der Waals surface area contributed by atoms with Crippen molar-refractivity contribution in [2.75, 3.05) is 51.2 Å². The van der Waals surface area contributed by atoms with E-state index in [1.807, 2.05) is 36.9 Å².